The molecule has 1 aromatic heterocycles. The largest absolute Gasteiger partial charge is 0.446 e. The van der Waals surface area contributed by atoms with Gasteiger partial charge >= 0.3 is 6.92 Å². The Morgan fingerprint density at radius 3 is 2.75 bits per heavy atom. The van der Waals surface area contributed by atoms with Crippen LogP contribution in [0.2, 0.25) is 11.8 Å². The maximum atomic E-state index is 9.54. The van der Waals surface area contributed by atoms with Gasteiger partial charge in [-0.1, -0.05) is 24.5 Å². The van der Waals surface area contributed by atoms with E-state index in [4.69, 9.17) is 11.6 Å². The number of anilines is 1. The standard InChI is InChI=1S/C11H12BClN2O/c1-12(16)8-3-7-4-11(14-2)15-6-9(7)10(13)5-8/h3-6,16H,1-2H3,(H,14,15). The molecule has 3 nitrogen and oxygen atoms in total. The Hall–Kier alpha value is -1.26. The van der Waals surface area contributed by atoms with Crippen molar-refractivity contribution in [2.24, 2.45) is 0 Å². The van der Waals surface area contributed by atoms with Crippen molar-refractivity contribution in [3.05, 3.63) is 29.4 Å². The van der Waals surface area contributed by atoms with Gasteiger partial charge in [0.1, 0.15) is 5.82 Å². The third kappa shape index (κ3) is 1.99. The third-order valence-electron chi connectivity index (χ3n) is 2.55. The lowest BCUT2D eigenvalue weighted by atomic mass is 9.64. The van der Waals surface area contributed by atoms with E-state index in [-0.39, 0.29) is 0 Å². The van der Waals surface area contributed by atoms with Crippen molar-refractivity contribution in [1.82, 2.24) is 4.98 Å². The highest BCUT2D eigenvalue weighted by atomic mass is 35.5. The first-order chi connectivity index (χ1) is 7.61. The lowest BCUT2D eigenvalue weighted by Crippen LogP contribution is -2.25. The van der Waals surface area contributed by atoms with Gasteiger partial charge in [0.25, 0.3) is 0 Å². The predicted molar refractivity (Wildman–Crippen MR) is 69.8 cm³/mol. The first kappa shape index (κ1) is 11.2. The topological polar surface area (TPSA) is 45.1 Å². The van der Waals surface area contributed by atoms with Crippen LogP contribution in [0.5, 0.6) is 0 Å². The molecule has 0 spiro atoms. The molecule has 0 saturated heterocycles. The molecule has 2 N–H and O–H groups in total. The second kappa shape index (κ2) is 4.32. The average molecular weight is 234 g/mol. The molecule has 0 radical (unpaired) electrons. The lowest BCUT2D eigenvalue weighted by Gasteiger charge is -2.07. The summed E-state index contributed by atoms with van der Waals surface area (Å²) in [4.78, 5) is 4.20. The second-order valence-corrected chi connectivity index (χ2v) is 4.13. The third-order valence-corrected chi connectivity index (χ3v) is 2.86. The van der Waals surface area contributed by atoms with Gasteiger partial charge in [-0.2, -0.15) is 0 Å². The van der Waals surface area contributed by atoms with Crippen LogP contribution in [0.25, 0.3) is 10.8 Å². The van der Waals surface area contributed by atoms with Gasteiger partial charge in [-0.25, -0.2) is 4.98 Å². The number of hydrogen-bond acceptors (Lipinski definition) is 3. The van der Waals surface area contributed by atoms with Crippen molar-refractivity contribution in [3.8, 4) is 0 Å². The Morgan fingerprint density at radius 2 is 2.12 bits per heavy atom. The summed E-state index contributed by atoms with van der Waals surface area (Å²) in [7, 11) is 1.81. The molecule has 82 valence electrons. The fraction of sp³-hybridized carbons (Fsp3) is 0.182. The molecule has 0 aliphatic rings. The number of aromatic nitrogens is 1. The van der Waals surface area contributed by atoms with E-state index in [0.29, 0.717) is 5.02 Å². The van der Waals surface area contributed by atoms with E-state index in [2.05, 4.69) is 10.3 Å². The SMILES string of the molecule is CNc1cc2cc(B(C)O)cc(Cl)c2cn1. The van der Waals surface area contributed by atoms with Crippen LogP contribution in [-0.4, -0.2) is 24.0 Å². The lowest BCUT2D eigenvalue weighted by molar-refractivity contribution is 0.594. The van der Waals surface area contributed by atoms with Gasteiger partial charge in [0, 0.05) is 23.7 Å². The number of nitrogens with one attached hydrogen (secondary N) is 1. The minimum atomic E-state index is -0.520. The summed E-state index contributed by atoms with van der Waals surface area (Å²) in [5.41, 5.74) is 0.811. The molecule has 0 fully saturated rings. The van der Waals surface area contributed by atoms with E-state index in [1.165, 1.54) is 0 Å². The van der Waals surface area contributed by atoms with Crippen LogP contribution >= 0.6 is 11.6 Å². The summed E-state index contributed by atoms with van der Waals surface area (Å²) < 4.78 is 0. The minimum absolute atomic E-state index is 0.520. The Balaban J connectivity index is 2.68. The molecular weight excluding hydrogens is 222 g/mol. The number of rotatable bonds is 2. The predicted octanol–water partition coefficient (Wildman–Crippen LogP) is 1.75. The zero-order chi connectivity index (χ0) is 11.7. The second-order valence-electron chi connectivity index (χ2n) is 3.72. The summed E-state index contributed by atoms with van der Waals surface area (Å²) in [6.07, 6.45) is 1.73. The smallest absolute Gasteiger partial charge is 0.320 e. The van der Waals surface area contributed by atoms with Crippen LogP contribution < -0.4 is 10.8 Å². The van der Waals surface area contributed by atoms with E-state index < -0.39 is 6.92 Å². The molecule has 0 saturated carbocycles. The van der Waals surface area contributed by atoms with Crippen molar-refractivity contribution in [2.75, 3.05) is 12.4 Å². The van der Waals surface area contributed by atoms with Gasteiger partial charge in [0.15, 0.2) is 0 Å². The number of nitrogens with zero attached hydrogens (tertiary/aromatic N) is 1. The summed E-state index contributed by atoms with van der Waals surface area (Å²) in [6, 6.07) is 5.61. The highest BCUT2D eigenvalue weighted by molar-refractivity contribution is 6.65. The van der Waals surface area contributed by atoms with E-state index in [0.717, 1.165) is 22.1 Å². The average Bonchev–Trinajstić information content (AvgIpc) is 2.28. The van der Waals surface area contributed by atoms with Gasteiger partial charge < -0.3 is 10.3 Å². The summed E-state index contributed by atoms with van der Waals surface area (Å²) >= 11 is 6.13. The molecule has 1 aromatic carbocycles. The molecule has 2 rings (SSSR count). The van der Waals surface area contributed by atoms with Crippen LogP contribution in [0.1, 0.15) is 0 Å². The van der Waals surface area contributed by atoms with Crippen LogP contribution in [0.15, 0.2) is 24.4 Å². The Bertz CT molecular complexity index is 531. The number of hydrogen-bond donors (Lipinski definition) is 2. The van der Waals surface area contributed by atoms with E-state index >= 15 is 0 Å². The first-order valence-electron chi connectivity index (χ1n) is 5.07. The zero-order valence-corrected chi connectivity index (χ0v) is 9.92. The van der Waals surface area contributed by atoms with E-state index in [9.17, 15) is 5.02 Å². The maximum Gasteiger partial charge on any atom is 0.320 e. The summed E-state index contributed by atoms with van der Waals surface area (Å²) in [6.45, 7) is 1.20. The number of pyridine rings is 1. The van der Waals surface area contributed by atoms with Crippen LogP contribution in [-0.2, 0) is 0 Å². The van der Waals surface area contributed by atoms with E-state index in [1.54, 1.807) is 19.1 Å². The van der Waals surface area contributed by atoms with E-state index in [1.807, 2.05) is 19.2 Å². The van der Waals surface area contributed by atoms with Gasteiger partial charge in [0.2, 0.25) is 0 Å². The molecule has 0 aliphatic heterocycles. The number of fused-ring (bicyclic) bond motifs is 1. The van der Waals surface area contributed by atoms with Crippen molar-refractivity contribution >= 4 is 40.6 Å². The fourth-order valence-electron chi connectivity index (χ4n) is 1.61. The minimum Gasteiger partial charge on any atom is -0.446 e. The molecule has 1 heterocycles. The van der Waals surface area contributed by atoms with Crippen LogP contribution in [0, 0.1) is 0 Å². The summed E-state index contributed by atoms with van der Waals surface area (Å²) in [5, 5.41) is 15.0. The molecule has 0 aliphatic carbocycles. The fourth-order valence-corrected chi connectivity index (χ4v) is 1.90. The quantitative estimate of drug-likeness (QED) is 0.778. The molecule has 0 bridgehead atoms. The normalized spacial score (nSPS) is 10.5. The molecule has 16 heavy (non-hydrogen) atoms. The highest BCUT2D eigenvalue weighted by Crippen LogP contribution is 2.23. The van der Waals surface area contributed by atoms with Gasteiger partial charge in [-0.3, -0.25) is 0 Å². The Morgan fingerprint density at radius 1 is 1.38 bits per heavy atom. The van der Waals surface area contributed by atoms with Gasteiger partial charge in [-0.15, -0.1) is 0 Å². The van der Waals surface area contributed by atoms with Crippen LogP contribution in [0.3, 0.4) is 0 Å². The number of benzene rings is 1. The number of halogens is 1. The molecule has 2 aromatic rings. The Kier molecular flexibility index (Phi) is 3.03. The monoisotopic (exact) mass is 234 g/mol. The molecule has 5 heteroatoms. The van der Waals surface area contributed by atoms with Gasteiger partial charge in [-0.05, 0) is 23.0 Å². The zero-order valence-electron chi connectivity index (χ0n) is 9.16. The van der Waals surface area contributed by atoms with Crippen molar-refractivity contribution in [3.63, 3.8) is 0 Å². The van der Waals surface area contributed by atoms with Crippen LogP contribution in [0.4, 0.5) is 5.82 Å². The molecule has 0 unspecified atom stereocenters. The van der Waals surface area contributed by atoms with Crippen molar-refractivity contribution < 1.29 is 5.02 Å². The summed E-state index contributed by atoms with van der Waals surface area (Å²) in [5.74, 6) is 0.784. The first-order valence-corrected chi connectivity index (χ1v) is 5.44. The molecule has 0 atom stereocenters. The highest BCUT2D eigenvalue weighted by Gasteiger charge is 2.10. The maximum absolute atomic E-state index is 9.54. The van der Waals surface area contributed by atoms with Gasteiger partial charge in [0.05, 0.1) is 0 Å². The Labute approximate surface area is 99.6 Å². The molecular formula is C11H12BClN2O. The van der Waals surface area contributed by atoms with Crippen molar-refractivity contribution in [1.29, 1.82) is 0 Å². The van der Waals surface area contributed by atoms with Crippen molar-refractivity contribution in [2.45, 2.75) is 6.82 Å². The molecule has 0 amide bonds.